The van der Waals surface area contributed by atoms with Crippen molar-refractivity contribution in [2.45, 2.75) is 19.5 Å². The quantitative estimate of drug-likeness (QED) is 0.364. The summed E-state index contributed by atoms with van der Waals surface area (Å²) in [6.45, 7) is 3.86. The van der Waals surface area contributed by atoms with Gasteiger partial charge in [-0.05, 0) is 31.1 Å². The number of carboxylic acids is 1. The Balaban J connectivity index is 0.000000486. The van der Waals surface area contributed by atoms with E-state index >= 15 is 0 Å². The Hall–Kier alpha value is -1.65. The Bertz CT molecular complexity index is 459. The van der Waals surface area contributed by atoms with E-state index < -0.39 is 12.1 Å². The number of carboxylic acid groups (broad SMARTS) is 1. The number of nitrogens with zero attached hydrogens (tertiary/aromatic N) is 2. The van der Waals surface area contributed by atoms with Crippen molar-refractivity contribution in [3.63, 3.8) is 0 Å². The van der Waals surface area contributed by atoms with Gasteiger partial charge in [0.2, 0.25) is 0 Å². The monoisotopic (exact) mass is 329 g/mol. The number of carbonyl (C=O) groups is 1. The first-order valence-electron chi connectivity index (χ1n) is 5.71. The molecule has 0 radical (unpaired) electrons. The van der Waals surface area contributed by atoms with E-state index in [-0.39, 0.29) is 0 Å². The molecular formula is C10H15ClF3N5O2. The first-order valence-corrected chi connectivity index (χ1v) is 6.09. The van der Waals surface area contributed by atoms with Gasteiger partial charge in [-0.1, -0.05) is 18.5 Å². The van der Waals surface area contributed by atoms with Gasteiger partial charge in [0.1, 0.15) is 0 Å². The van der Waals surface area contributed by atoms with Crippen LogP contribution >= 0.6 is 11.6 Å². The maximum absolute atomic E-state index is 10.6. The van der Waals surface area contributed by atoms with Gasteiger partial charge in [-0.2, -0.15) is 13.2 Å². The fraction of sp³-hybridized carbons (Fsp3) is 0.500. The molecule has 7 nitrogen and oxygen atoms in total. The highest BCUT2D eigenvalue weighted by Gasteiger charge is 2.38. The predicted octanol–water partition coefficient (Wildman–Crippen LogP) is 1.20. The molecule has 0 aliphatic rings. The predicted molar refractivity (Wildman–Crippen MR) is 70.8 cm³/mol. The summed E-state index contributed by atoms with van der Waals surface area (Å²) in [6, 6.07) is 1.80. The van der Waals surface area contributed by atoms with Crippen molar-refractivity contribution in [3.05, 3.63) is 16.8 Å². The molecule has 0 aliphatic heterocycles. The minimum absolute atomic E-state index is 0.432. The molecule has 0 aliphatic carbocycles. The van der Waals surface area contributed by atoms with Gasteiger partial charge in [-0.3, -0.25) is 0 Å². The van der Waals surface area contributed by atoms with E-state index in [1.54, 1.807) is 6.07 Å². The Morgan fingerprint density at radius 2 is 2.05 bits per heavy atom. The van der Waals surface area contributed by atoms with E-state index in [9.17, 15) is 13.2 Å². The number of nitrogens with one attached hydrogen (secondary N) is 2. The topological polar surface area (TPSA) is 113 Å². The molecular weight excluding hydrogens is 315 g/mol. The van der Waals surface area contributed by atoms with E-state index in [1.807, 2.05) is 0 Å². The minimum Gasteiger partial charge on any atom is -0.475 e. The van der Waals surface area contributed by atoms with Crippen molar-refractivity contribution in [1.29, 1.82) is 0 Å². The molecule has 1 aromatic rings. The smallest absolute Gasteiger partial charge is 0.475 e. The van der Waals surface area contributed by atoms with Crippen LogP contribution in [0.2, 0.25) is 5.15 Å². The van der Waals surface area contributed by atoms with Crippen molar-refractivity contribution in [1.82, 2.24) is 15.5 Å². The third kappa shape index (κ3) is 8.27. The highest BCUT2D eigenvalue weighted by Crippen LogP contribution is 2.14. The van der Waals surface area contributed by atoms with Crippen molar-refractivity contribution in [3.8, 4) is 0 Å². The third-order valence-electron chi connectivity index (χ3n) is 2.03. The number of likely N-dealkylation sites (N-methyl/N-ethyl adjacent to an activating group) is 1. The van der Waals surface area contributed by atoms with Crippen LogP contribution in [0.25, 0.3) is 0 Å². The first-order chi connectivity index (χ1) is 9.72. The number of hydrazine groups is 1. The second-order valence-electron chi connectivity index (χ2n) is 3.60. The van der Waals surface area contributed by atoms with Gasteiger partial charge in [0, 0.05) is 0 Å². The summed E-state index contributed by atoms with van der Waals surface area (Å²) in [5, 5.41) is 18.3. The van der Waals surface area contributed by atoms with E-state index in [1.165, 1.54) is 0 Å². The molecule has 0 unspecified atom stereocenters. The van der Waals surface area contributed by atoms with Crippen LogP contribution in [0.4, 0.5) is 19.0 Å². The molecule has 1 rings (SSSR count). The normalized spacial score (nSPS) is 10.6. The molecule has 0 atom stereocenters. The molecule has 0 amide bonds. The van der Waals surface area contributed by atoms with Crippen molar-refractivity contribution < 1.29 is 23.1 Å². The number of rotatable bonds is 5. The lowest BCUT2D eigenvalue weighted by Crippen LogP contribution is -2.21. The number of nitrogens with two attached hydrogens (primary N) is 1. The molecule has 0 fully saturated rings. The standard InChI is InChI=1S/C8H14ClN5.C2HF3O2/c1-2-11-4-3-6-5-7(12-10)13-14-8(6)9;3-2(4,5)1(6)7/h5,11H,2-4,10H2,1H3,(H,12,13);(H,6,7). The van der Waals surface area contributed by atoms with Gasteiger partial charge in [0.15, 0.2) is 11.0 Å². The van der Waals surface area contributed by atoms with Crippen molar-refractivity contribution >= 4 is 23.4 Å². The van der Waals surface area contributed by atoms with Crippen LogP contribution in [0.1, 0.15) is 12.5 Å². The van der Waals surface area contributed by atoms with E-state index in [0.717, 1.165) is 25.1 Å². The molecule has 0 spiro atoms. The number of aliphatic carboxylic acids is 1. The van der Waals surface area contributed by atoms with Crippen LogP contribution in [0.3, 0.4) is 0 Å². The van der Waals surface area contributed by atoms with Crippen LogP contribution < -0.4 is 16.6 Å². The zero-order chi connectivity index (χ0) is 16.5. The van der Waals surface area contributed by atoms with Crippen LogP contribution in [0, 0.1) is 0 Å². The second-order valence-corrected chi connectivity index (χ2v) is 3.95. The number of hydrogen-bond acceptors (Lipinski definition) is 6. The Labute approximate surface area is 123 Å². The number of hydrogen-bond donors (Lipinski definition) is 4. The summed E-state index contributed by atoms with van der Waals surface area (Å²) >= 11 is 5.86. The van der Waals surface area contributed by atoms with Crippen LogP contribution in [-0.2, 0) is 11.2 Å². The van der Waals surface area contributed by atoms with Gasteiger partial charge < -0.3 is 15.8 Å². The summed E-state index contributed by atoms with van der Waals surface area (Å²) < 4.78 is 31.7. The Kier molecular flexibility index (Phi) is 8.58. The average Bonchev–Trinajstić information content (AvgIpc) is 2.41. The number of halogens is 4. The zero-order valence-corrected chi connectivity index (χ0v) is 11.8. The van der Waals surface area contributed by atoms with E-state index in [4.69, 9.17) is 27.3 Å². The summed E-state index contributed by atoms with van der Waals surface area (Å²) in [4.78, 5) is 8.90. The van der Waals surface area contributed by atoms with E-state index in [0.29, 0.717) is 11.0 Å². The van der Waals surface area contributed by atoms with Crippen molar-refractivity contribution in [2.24, 2.45) is 5.84 Å². The summed E-state index contributed by atoms with van der Waals surface area (Å²) in [5.41, 5.74) is 3.37. The molecule has 1 heterocycles. The number of anilines is 1. The molecule has 0 bridgehead atoms. The lowest BCUT2D eigenvalue weighted by Gasteiger charge is -2.05. The summed E-state index contributed by atoms with van der Waals surface area (Å²) in [7, 11) is 0. The molecule has 0 aromatic carbocycles. The summed E-state index contributed by atoms with van der Waals surface area (Å²) in [5.74, 6) is 2.98. The number of nitrogen functional groups attached to an aromatic ring is 1. The van der Waals surface area contributed by atoms with E-state index in [2.05, 4.69) is 27.9 Å². The lowest BCUT2D eigenvalue weighted by molar-refractivity contribution is -0.192. The average molecular weight is 330 g/mol. The zero-order valence-electron chi connectivity index (χ0n) is 11.0. The Morgan fingerprint density at radius 1 is 1.48 bits per heavy atom. The highest BCUT2D eigenvalue weighted by molar-refractivity contribution is 6.30. The lowest BCUT2D eigenvalue weighted by atomic mass is 10.2. The largest absolute Gasteiger partial charge is 0.490 e. The molecule has 21 heavy (non-hydrogen) atoms. The molecule has 1 aromatic heterocycles. The SMILES string of the molecule is CCNCCc1cc(NN)nnc1Cl.O=C(O)C(F)(F)F. The summed E-state index contributed by atoms with van der Waals surface area (Å²) in [6.07, 6.45) is -4.27. The molecule has 0 saturated heterocycles. The van der Waals surface area contributed by atoms with Gasteiger partial charge in [0.25, 0.3) is 0 Å². The molecule has 11 heteroatoms. The van der Waals surface area contributed by atoms with Crippen LogP contribution in [0.15, 0.2) is 6.07 Å². The van der Waals surface area contributed by atoms with Crippen LogP contribution in [0.5, 0.6) is 0 Å². The number of alkyl halides is 3. The Morgan fingerprint density at radius 3 is 2.48 bits per heavy atom. The first kappa shape index (κ1) is 19.4. The molecule has 5 N–H and O–H groups in total. The van der Waals surface area contributed by atoms with Gasteiger partial charge in [0.05, 0.1) is 0 Å². The third-order valence-corrected chi connectivity index (χ3v) is 2.35. The molecule has 120 valence electrons. The van der Waals surface area contributed by atoms with Gasteiger partial charge >= 0.3 is 12.1 Å². The van der Waals surface area contributed by atoms with Crippen molar-refractivity contribution in [2.75, 3.05) is 18.5 Å². The van der Waals surface area contributed by atoms with Crippen LogP contribution in [-0.4, -0.2) is 40.5 Å². The molecule has 0 saturated carbocycles. The fourth-order valence-electron chi connectivity index (χ4n) is 1.06. The second kappa shape index (κ2) is 9.32. The maximum Gasteiger partial charge on any atom is 0.490 e. The minimum atomic E-state index is -5.08. The highest BCUT2D eigenvalue weighted by atomic mass is 35.5. The number of aromatic nitrogens is 2. The maximum atomic E-state index is 10.6. The van der Waals surface area contributed by atoms with Gasteiger partial charge in [-0.15, -0.1) is 10.2 Å². The fourth-order valence-corrected chi connectivity index (χ4v) is 1.25. The van der Waals surface area contributed by atoms with Gasteiger partial charge in [-0.25, -0.2) is 10.6 Å².